The van der Waals surface area contributed by atoms with Gasteiger partial charge in [0.15, 0.2) is 0 Å². The molecule has 0 bridgehead atoms. The van der Waals surface area contributed by atoms with E-state index in [2.05, 4.69) is 26.1 Å². The van der Waals surface area contributed by atoms with Crippen LogP contribution in [-0.4, -0.2) is 30.7 Å². The van der Waals surface area contributed by atoms with Gasteiger partial charge in [-0.25, -0.2) is 0 Å². The lowest BCUT2D eigenvalue weighted by atomic mass is 9.96. The van der Waals surface area contributed by atoms with Crippen molar-refractivity contribution in [3.8, 4) is 0 Å². The number of carbonyl (C=O) groups is 1. The molecule has 0 aromatic rings. The summed E-state index contributed by atoms with van der Waals surface area (Å²) in [6, 6.07) is 0. The van der Waals surface area contributed by atoms with Gasteiger partial charge in [-0.2, -0.15) is 0 Å². The van der Waals surface area contributed by atoms with Gasteiger partial charge in [0.1, 0.15) is 0 Å². The molecular weight excluding hydrogens is 240 g/mol. The van der Waals surface area contributed by atoms with Gasteiger partial charge in [0.05, 0.1) is 18.2 Å². The Balaban J connectivity index is 2.20. The first kappa shape index (κ1) is 16.4. The van der Waals surface area contributed by atoms with Gasteiger partial charge in [-0.1, -0.05) is 13.8 Å². The van der Waals surface area contributed by atoms with E-state index in [1.54, 1.807) is 0 Å². The molecule has 2 unspecified atom stereocenters. The zero-order valence-corrected chi connectivity index (χ0v) is 12.9. The quantitative estimate of drug-likeness (QED) is 0.674. The Labute approximate surface area is 117 Å². The third kappa shape index (κ3) is 5.91. The van der Waals surface area contributed by atoms with Gasteiger partial charge < -0.3 is 15.8 Å². The Morgan fingerprint density at radius 1 is 1.42 bits per heavy atom. The Hall–Kier alpha value is -0.610. The van der Waals surface area contributed by atoms with E-state index >= 15 is 0 Å². The maximum atomic E-state index is 11.9. The standard InChI is InChI=1S/C15H30N2O2/c1-11(2)9-12(3)19-8-7-14(18)17-15(4,10-16)13-5-6-13/h11-13H,5-10,16H2,1-4H3,(H,17,18). The minimum Gasteiger partial charge on any atom is -0.378 e. The summed E-state index contributed by atoms with van der Waals surface area (Å²) in [4.78, 5) is 11.9. The van der Waals surface area contributed by atoms with Crippen molar-refractivity contribution < 1.29 is 9.53 Å². The lowest BCUT2D eigenvalue weighted by molar-refractivity contribution is -0.124. The zero-order valence-electron chi connectivity index (χ0n) is 12.9. The molecule has 0 heterocycles. The van der Waals surface area contributed by atoms with Crippen molar-refractivity contribution in [2.75, 3.05) is 13.2 Å². The zero-order chi connectivity index (χ0) is 14.5. The van der Waals surface area contributed by atoms with Gasteiger partial charge in [-0.05, 0) is 44.9 Å². The average molecular weight is 270 g/mol. The predicted molar refractivity (Wildman–Crippen MR) is 77.8 cm³/mol. The number of ether oxygens (including phenoxy) is 1. The first-order chi connectivity index (χ1) is 8.87. The normalized spacial score (nSPS) is 20.1. The van der Waals surface area contributed by atoms with Crippen molar-refractivity contribution >= 4 is 5.91 Å². The second-order valence-corrected chi connectivity index (χ2v) is 6.50. The summed E-state index contributed by atoms with van der Waals surface area (Å²) >= 11 is 0. The van der Waals surface area contributed by atoms with Crippen molar-refractivity contribution in [2.24, 2.45) is 17.6 Å². The van der Waals surface area contributed by atoms with E-state index in [0.29, 0.717) is 31.4 Å². The second kappa shape index (κ2) is 7.25. The molecule has 1 rings (SSSR count). The number of amides is 1. The van der Waals surface area contributed by atoms with Gasteiger partial charge in [-0.3, -0.25) is 4.79 Å². The van der Waals surface area contributed by atoms with Crippen LogP contribution in [0.15, 0.2) is 0 Å². The molecule has 1 aliphatic carbocycles. The largest absolute Gasteiger partial charge is 0.378 e. The van der Waals surface area contributed by atoms with E-state index in [9.17, 15) is 4.79 Å². The maximum Gasteiger partial charge on any atom is 0.222 e. The first-order valence-electron chi connectivity index (χ1n) is 7.50. The third-order valence-electron chi connectivity index (χ3n) is 3.86. The SMILES string of the molecule is CC(C)CC(C)OCCC(=O)NC(C)(CN)C1CC1. The number of carbonyl (C=O) groups excluding carboxylic acids is 1. The fourth-order valence-corrected chi connectivity index (χ4v) is 2.51. The lowest BCUT2D eigenvalue weighted by Crippen LogP contribution is -2.53. The van der Waals surface area contributed by atoms with Crippen LogP contribution in [-0.2, 0) is 9.53 Å². The fraction of sp³-hybridized carbons (Fsp3) is 0.933. The summed E-state index contributed by atoms with van der Waals surface area (Å²) in [5.74, 6) is 1.23. The molecule has 1 saturated carbocycles. The van der Waals surface area contributed by atoms with Gasteiger partial charge >= 0.3 is 0 Å². The van der Waals surface area contributed by atoms with Gasteiger partial charge in [-0.15, -0.1) is 0 Å². The molecule has 0 radical (unpaired) electrons. The van der Waals surface area contributed by atoms with Crippen molar-refractivity contribution in [3.05, 3.63) is 0 Å². The number of rotatable bonds is 9. The summed E-state index contributed by atoms with van der Waals surface area (Å²) in [5, 5.41) is 3.08. The van der Waals surface area contributed by atoms with Crippen molar-refractivity contribution in [1.82, 2.24) is 5.32 Å². The van der Waals surface area contributed by atoms with Crippen LogP contribution in [0, 0.1) is 11.8 Å². The first-order valence-corrected chi connectivity index (χ1v) is 7.50. The van der Waals surface area contributed by atoms with E-state index < -0.39 is 0 Å². The molecule has 3 N–H and O–H groups in total. The van der Waals surface area contributed by atoms with Crippen LogP contribution in [0.2, 0.25) is 0 Å². The molecular formula is C15H30N2O2. The van der Waals surface area contributed by atoms with E-state index in [-0.39, 0.29) is 17.6 Å². The summed E-state index contributed by atoms with van der Waals surface area (Å²) in [6.07, 6.45) is 4.03. The molecule has 0 aliphatic heterocycles. The van der Waals surface area contributed by atoms with Crippen LogP contribution in [0.5, 0.6) is 0 Å². The van der Waals surface area contributed by atoms with Crippen LogP contribution >= 0.6 is 0 Å². The van der Waals surface area contributed by atoms with Crippen molar-refractivity contribution in [3.63, 3.8) is 0 Å². The number of hydrogen-bond acceptors (Lipinski definition) is 3. The third-order valence-corrected chi connectivity index (χ3v) is 3.86. The topological polar surface area (TPSA) is 64.3 Å². The molecule has 0 saturated heterocycles. The summed E-state index contributed by atoms with van der Waals surface area (Å²) in [6.45, 7) is 9.46. The highest BCUT2D eigenvalue weighted by atomic mass is 16.5. The molecule has 0 spiro atoms. The van der Waals surface area contributed by atoms with E-state index in [1.807, 2.05) is 6.92 Å². The van der Waals surface area contributed by atoms with Gasteiger partial charge in [0, 0.05) is 13.0 Å². The summed E-state index contributed by atoms with van der Waals surface area (Å²) < 4.78 is 5.66. The Bertz CT molecular complexity index is 290. The minimum atomic E-state index is -0.222. The number of nitrogens with one attached hydrogen (secondary N) is 1. The molecule has 2 atom stereocenters. The lowest BCUT2D eigenvalue weighted by Gasteiger charge is -2.29. The van der Waals surface area contributed by atoms with Gasteiger partial charge in [0.2, 0.25) is 5.91 Å². The van der Waals surface area contributed by atoms with E-state index in [0.717, 1.165) is 6.42 Å². The molecule has 0 aromatic heterocycles. The molecule has 1 amide bonds. The smallest absolute Gasteiger partial charge is 0.222 e. The number of nitrogens with two attached hydrogens (primary N) is 1. The van der Waals surface area contributed by atoms with Crippen LogP contribution in [0.4, 0.5) is 0 Å². The highest BCUT2D eigenvalue weighted by Gasteiger charge is 2.41. The second-order valence-electron chi connectivity index (χ2n) is 6.50. The van der Waals surface area contributed by atoms with Gasteiger partial charge in [0.25, 0.3) is 0 Å². The highest BCUT2D eigenvalue weighted by Crippen LogP contribution is 2.38. The van der Waals surface area contributed by atoms with Crippen LogP contribution in [0.3, 0.4) is 0 Å². The van der Waals surface area contributed by atoms with E-state index in [4.69, 9.17) is 10.5 Å². The van der Waals surface area contributed by atoms with Crippen molar-refractivity contribution in [1.29, 1.82) is 0 Å². The van der Waals surface area contributed by atoms with Crippen LogP contribution < -0.4 is 11.1 Å². The maximum absolute atomic E-state index is 11.9. The number of hydrogen-bond donors (Lipinski definition) is 2. The summed E-state index contributed by atoms with van der Waals surface area (Å²) in [7, 11) is 0. The minimum absolute atomic E-state index is 0.0524. The Morgan fingerprint density at radius 2 is 2.05 bits per heavy atom. The van der Waals surface area contributed by atoms with Crippen LogP contribution in [0.1, 0.15) is 53.4 Å². The molecule has 19 heavy (non-hydrogen) atoms. The molecule has 4 nitrogen and oxygen atoms in total. The van der Waals surface area contributed by atoms with Crippen molar-refractivity contribution in [2.45, 2.75) is 65.0 Å². The molecule has 1 fully saturated rings. The Morgan fingerprint density at radius 3 is 2.53 bits per heavy atom. The van der Waals surface area contributed by atoms with Crippen LogP contribution in [0.25, 0.3) is 0 Å². The monoisotopic (exact) mass is 270 g/mol. The molecule has 112 valence electrons. The summed E-state index contributed by atoms with van der Waals surface area (Å²) in [5.41, 5.74) is 5.56. The molecule has 1 aliphatic rings. The average Bonchev–Trinajstić information content (AvgIpc) is 3.11. The fourth-order valence-electron chi connectivity index (χ4n) is 2.51. The molecule has 4 heteroatoms. The Kier molecular flexibility index (Phi) is 6.27. The highest BCUT2D eigenvalue weighted by molar-refractivity contribution is 5.77. The van der Waals surface area contributed by atoms with E-state index in [1.165, 1.54) is 12.8 Å². The molecule has 0 aromatic carbocycles. The predicted octanol–water partition coefficient (Wildman–Crippen LogP) is 2.07.